The van der Waals surface area contributed by atoms with Gasteiger partial charge in [0.1, 0.15) is 0 Å². The van der Waals surface area contributed by atoms with Gasteiger partial charge < -0.3 is 0 Å². The van der Waals surface area contributed by atoms with Gasteiger partial charge in [-0.2, -0.15) is 0 Å². The zero-order valence-electron chi connectivity index (χ0n) is 15.2. The van der Waals surface area contributed by atoms with Gasteiger partial charge in [0.15, 0.2) is 0 Å². The first-order chi connectivity index (χ1) is 12.9. The molecule has 4 heteroatoms. The first-order valence-corrected chi connectivity index (χ1v) is 18.9. The fourth-order valence-electron chi connectivity index (χ4n) is 4.00. The van der Waals surface area contributed by atoms with Crippen molar-refractivity contribution in [2.24, 2.45) is 0 Å². The van der Waals surface area contributed by atoms with Crippen molar-refractivity contribution in [3.8, 4) is 0 Å². The Labute approximate surface area is 187 Å². The van der Waals surface area contributed by atoms with Crippen LogP contribution in [-0.4, -0.2) is 0 Å². The van der Waals surface area contributed by atoms with Crippen LogP contribution in [-0.2, 0) is 20.3 Å². The molecule has 0 heterocycles. The molecular formula is C24H21Cl2HfP. The van der Waals surface area contributed by atoms with Gasteiger partial charge in [-0.05, 0) is 0 Å². The van der Waals surface area contributed by atoms with E-state index in [0.29, 0.717) is 7.35 Å². The van der Waals surface area contributed by atoms with Crippen molar-refractivity contribution < 1.29 is 20.3 Å². The number of benzene rings is 3. The average molecular weight is 590 g/mol. The Morgan fingerprint density at radius 1 is 0.571 bits per heavy atom. The second kappa shape index (κ2) is 9.59. The number of fused-ring (bicyclic) bond motifs is 2. The van der Waals surface area contributed by atoms with Crippen LogP contribution in [0.3, 0.4) is 0 Å². The van der Waals surface area contributed by atoms with E-state index in [1.165, 1.54) is 16.4 Å². The fourth-order valence-corrected chi connectivity index (χ4v) is 24.1. The van der Waals surface area contributed by atoms with Crippen LogP contribution >= 0.6 is 30.3 Å². The third-order valence-electron chi connectivity index (χ3n) is 5.25. The molecule has 0 saturated carbocycles. The summed E-state index contributed by atoms with van der Waals surface area (Å²) in [5.41, 5.74) is 7.60. The molecule has 3 aromatic carbocycles. The van der Waals surface area contributed by atoms with Gasteiger partial charge in [0.05, 0.1) is 0 Å². The Kier molecular flexibility index (Phi) is 7.40. The van der Waals surface area contributed by atoms with Crippen molar-refractivity contribution in [3.05, 3.63) is 113 Å². The summed E-state index contributed by atoms with van der Waals surface area (Å²) in [4.78, 5) is 0. The number of hydrogen-bond acceptors (Lipinski definition) is 0. The molecular weight excluding hydrogens is 569 g/mol. The fraction of sp³-hybridized carbons (Fsp3) is 0.0833. The molecule has 2 unspecified atom stereocenters. The van der Waals surface area contributed by atoms with E-state index >= 15 is 0 Å². The minimum atomic E-state index is -2.17. The second-order valence-corrected chi connectivity index (χ2v) is 21.7. The van der Waals surface area contributed by atoms with Gasteiger partial charge in [-0.3, -0.25) is 0 Å². The summed E-state index contributed by atoms with van der Waals surface area (Å²) in [7, 11) is 0. The van der Waals surface area contributed by atoms with E-state index < -0.39 is 20.3 Å². The molecule has 2 aliphatic carbocycles. The van der Waals surface area contributed by atoms with Crippen molar-refractivity contribution in [2.45, 2.75) is 7.35 Å². The number of allylic oxidation sites excluding steroid dienone is 2. The van der Waals surface area contributed by atoms with E-state index in [9.17, 15) is 0 Å². The summed E-state index contributed by atoms with van der Waals surface area (Å²) in [6, 6.07) is 29.1. The van der Waals surface area contributed by atoms with Gasteiger partial charge >= 0.3 is 164 Å². The monoisotopic (exact) mass is 590 g/mol. The third-order valence-corrected chi connectivity index (χ3v) is 24.4. The summed E-state index contributed by atoms with van der Waals surface area (Å²) in [5.74, 6) is 0. The Hall–Kier alpha value is -1.11. The molecule has 28 heavy (non-hydrogen) atoms. The Balaban J connectivity index is 0.00000112. The summed E-state index contributed by atoms with van der Waals surface area (Å²) >= 11 is -2.17. The molecule has 0 nitrogen and oxygen atoms in total. The van der Waals surface area contributed by atoms with Gasteiger partial charge in [-0.15, -0.1) is 24.8 Å². The van der Waals surface area contributed by atoms with E-state index in [0.717, 1.165) is 0 Å². The first-order valence-electron chi connectivity index (χ1n) is 9.08. The van der Waals surface area contributed by atoms with E-state index in [-0.39, 0.29) is 24.8 Å². The van der Waals surface area contributed by atoms with Crippen molar-refractivity contribution >= 4 is 47.7 Å². The molecule has 0 aliphatic heterocycles. The topological polar surface area (TPSA) is 0 Å². The molecule has 0 saturated heterocycles. The molecule has 5 rings (SSSR count). The van der Waals surface area contributed by atoms with Crippen LogP contribution < -0.4 is 5.30 Å². The molecule has 2 atom stereocenters. The average Bonchev–Trinajstić information content (AvgIpc) is 3.32. The molecule has 140 valence electrons. The van der Waals surface area contributed by atoms with Crippen molar-refractivity contribution in [1.82, 2.24) is 0 Å². The maximum absolute atomic E-state index is 2.51. The van der Waals surface area contributed by atoms with Crippen LogP contribution in [0.1, 0.15) is 29.6 Å². The van der Waals surface area contributed by atoms with Crippen LogP contribution in [0.5, 0.6) is 0 Å². The maximum atomic E-state index is 2.51. The van der Waals surface area contributed by atoms with Crippen LogP contribution in [0.4, 0.5) is 0 Å². The summed E-state index contributed by atoms with van der Waals surface area (Å²) in [6.45, 7) is 0. The molecule has 0 amide bonds. The summed E-state index contributed by atoms with van der Waals surface area (Å²) in [5, 5.41) is 1.49. The maximum Gasteiger partial charge on any atom is -0.147 e. The van der Waals surface area contributed by atoms with Gasteiger partial charge in [0.25, 0.3) is 0 Å². The Morgan fingerprint density at radius 2 is 1.04 bits per heavy atom. The summed E-state index contributed by atoms with van der Waals surface area (Å²) in [6.07, 6.45) is 9.74. The smallest absolute Gasteiger partial charge is 0.147 e. The van der Waals surface area contributed by atoms with E-state index in [1.807, 2.05) is 0 Å². The van der Waals surface area contributed by atoms with Crippen LogP contribution in [0.15, 0.2) is 91.0 Å². The number of halogens is 2. The standard InChI is InChI=1S/2C9H7.C6H5P.2ClH.Hf/c2*1-2-5-9-7-3-6-8(9)4-1;7-6-4-2-1-3-5-6;;;/h2*1-7H;1-5H;2*1H;. The Morgan fingerprint density at radius 3 is 1.57 bits per heavy atom. The molecule has 2 aliphatic rings. The van der Waals surface area contributed by atoms with Crippen molar-refractivity contribution in [1.29, 1.82) is 0 Å². The Bertz CT molecular complexity index is 993. The van der Waals surface area contributed by atoms with Gasteiger partial charge in [-0.25, -0.2) is 0 Å². The quantitative estimate of drug-likeness (QED) is 0.225. The molecule has 0 N–H and O–H groups in total. The minimum Gasteiger partial charge on any atom is -0.147 e. The third kappa shape index (κ3) is 4.10. The van der Waals surface area contributed by atoms with Crippen LogP contribution in [0, 0.1) is 0 Å². The first kappa shape index (κ1) is 21.6. The number of hydrogen-bond donors (Lipinski definition) is 0. The van der Waals surface area contributed by atoms with Crippen LogP contribution in [0.2, 0.25) is 0 Å². The number of rotatable bonds is 3. The molecule has 0 fully saturated rings. The second-order valence-electron chi connectivity index (χ2n) is 6.80. The molecule has 0 aromatic heterocycles. The molecule has 3 aromatic rings. The van der Waals surface area contributed by atoms with Gasteiger partial charge in [0.2, 0.25) is 0 Å². The minimum absolute atomic E-state index is 0. The van der Waals surface area contributed by atoms with Gasteiger partial charge in [0, 0.05) is 0 Å². The van der Waals surface area contributed by atoms with Crippen molar-refractivity contribution in [3.63, 3.8) is 0 Å². The van der Waals surface area contributed by atoms with E-state index in [1.54, 1.807) is 16.6 Å². The molecule has 0 spiro atoms. The predicted octanol–water partition coefficient (Wildman–Crippen LogP) is 7.17. The van der Waals surface area contributed by atoms with Gasteiger partial charge in [-0.1, -0.05) is 0 Å². The largest absolute Gasteiger partial charge is 0.147 e. The molecule has 0 radical (unpaired) electrons. The van der Waals surface area contributed by atoms with E-state index in [2.05, 4.69) is 103 Å². The van der Waals surface area contributed by atoms with Crippen LogP contribution in [0.25, 0.3) is 12.2 Å². The zero-order valence-corrected chi connectivity index (χ0v) is 21.4. The van der Waals surface area contributed by atoms with E-state index in [4.69, 9.17) is 0 Å². The predicted molar refractivity (Wildman–Crippen MR) is 124 cm³/mol. The van der Waals surface area contributed by atoms with Crippen molar-refractivity contribution in [2.75, 3.05) is 0 Å². The zero-order chi connectivity index (χ0) is 17.3. The summed E-state index contributed by atoms with van der Waals surface area (Å²) < 4.78 is 1.33. The SMILES string of the molecule is C1=C[CH]([Hf](=[P]c2ccccc2)[CH]2C=Cc3ccccc32)c2ccccc21.Cl.Cl. The normalized spacial score (nSPS) is 18.1. The molecule has 0 bridgehead atoms.